The zero-order chi connectivity index (χ0) is 25.7. The highest BCUT2D eigenvalue weighted by molar-refractivity contribution is 5.97. The molecule has 184 valence electrons. The van der Waals surface area contributed by atoms with E-state index in [0.29, 0.717) is 17.7 Å². The molecule has 0 aliphatic heterocycles. The Morgan fingerprint density at radius 2 is 1.71 bits per heavy atom. The van der Waals surface area contributed by atoms with E-state index in [1.54, 1.807) is 35.9 Å². The summed E-state index contributed by atoms with van der Waals surface area (Å²) in [6.45, 7) is 9.21. The predicted molar refractivity (Wildman–Crippen MR) is 133 cm³/mol. The molecule has 3 rings (SSSR count). The Labute approximate surface area is 205 Å². The molecule has 1 N–H and O–H groups in total. The second kappa shape index (κ2) is 11.0. The average molecular weight is 478 g/mol. The minimum atomic E-state index is -0.963. The maximum atomic E-state index is 12.6. The van der Waals surface area contributed by atoms with Crippen LogP contribution in [-0.2, 0) is 25.5 Å². The zero-order valence-electron chi connectivity index (χ0n) is 21.0. The molecule has 0 fully saturated rings. The summed E-state index contributed by atoms with van der Waals surface area (Å²) in [4.78, 5) is 36.7. The monoisotopic (exact) mass is 477 g/mol. The fourth-order valence-electron chi connectivity index (χ4n) is 3.74. The van der Waals surface area contributed by atoms with Crippen molar-refractivity contribution in [1.82, 2.24) is 9.78 Å². The molecular formula is C27H31N3O5. The van der Waals surface area contributed by atoms with Gasteiger partial charge in [-0.05, 0) is 88.1 Å². The molecule has 0 saturated carbocycles. The molecule has 1 atom stereocenters. The van der Waals surface area contributed by atoms with Crippen LogP contribution in [0.5, 0.6) is 0 Å². The maximum absolute atomic E-state index is 12.6. The lowest BCUT2D eigenvalue weighted by molar-refractivity contribution is -0.140. The third kappa shape index (κ3) is 6.15. The summed E-state index contributed by atoms with van der Waals surface area (Å²) in [5, 5.41) is 7.40. The second-order valence-electron chi connectivity index (χ2n) is 8.54. The molecular weight excluding hydrogens is 446 g/mol. The highest BCUT2D eigenvalue weighted by Crippen LogP contribution is 2.21. The van der Waals surface area contributed by atoms with Gasteiger partial charge in [-0.25, -0.2) is 9.48 Å². The number of nitrogens with one attached hydrogen (secondary N) is 1. The van der Waals surface area contributed by atoms with E-state index in [4.69, 9.17) is 9.47 Å². The number of hydrogen-bond acceptors (Lipinski definition) is 6. The van der Waals surface area contributed by atoms with E-state index in [9.17, 15) is 14.4 Å². The third-order valence-corrected chi connectivity index (χ3v) is 5.90. The summed E-state index contributed by atoms with van der Waals surface area (Å²) in [5.74, 6) is -1.26. The van der Waals surface area contributed by atoms with E-state index in [0.717, 1.165) is 33.8 Å². The number of rotatable bonds is 8. The highest BCUT2D eigenvalue weighted by atomic mass is 16.5. The molecule has 1 amide bonds. The Kier molecular flexibility index (Phi) is 8.06. The molecule has 8 nitrogen and oxygen atoms in total. The first-order chi connectivity index (χ1) is 16.6. The SMILES string of the molecule is COC(=O)CCc1c(C)nn(-c2ccc(C(=O)OC(C)C(=O)Nc3cc(C)ccc3C)cc2)c1C. The minimum absolute atomic E-state index is 0.267. The number of aromatic nitrogens is 2. The Hall–Kier alpha value is -3.94. The van der Waals surface area contributed by atoms with Gasteiger partial charge in [0, 0.05) is 17.8 Å². The molecule has 0 aliphatic rings. The van der Waals surface area contributed by atoms with E-state index in [1.165, 1.54) is 7.11 Å². The van der Waals surface area contributed by atoms with Gasteiger partial charge in [-0.15, -0.1) is 0 Å². The summed E-state index contributed by atoms with van der Waals surface area (Å²) in [6.07, 6.45) is -0.142. The lowest BCUT2D eigenvalue weighted by Gasteiger charge is -2.15. The number of hydrogen-bond donors (Lipinski definition) is 1. The van der Waals surface area contributed by atoms with Crippen molar-refractivity contribution in [2.75, 3.05) is 12.4 Å². The number of methoxy groups -OCH3 is 1. The molecule has 1 aromatic heterocycles. The van der Waals surface area contributed by atoms with Crippen molar-refractivity contribution in [3.8, 4) is 5.69 Å². The van der Waals surface area contributed by atoms with Gasteiger partial charge in [0.05, 0.1) is 24.1 Å². The number of aryl methyl sites for hydroxylation is 3. The zero-order valence-corrected chi connectivity index (χ0v) is 21.0. The molecule has 2 aromatic carbocycles. The van der Waals surface area contributed by atoms with E-state index in [2.05, 4.69) is 10.4 Å². The number of nitrogens with zero attached hydrogens (tertiary/aromatic N) is 2. The number of carbonyl (C=O) groups excluding carboxylic acids is 3. The van der Waals surface area contributed by atoms with Gasteiger partial charge < -0.3 is 14.8 Å². The van der Waals surface area contributed by atoms with Gasteiger partial charge in [0.2, 0.25) is 0 Å². The summed E-state index contributed by atoms with van der Waals surface area (Å²) < 4.78 is 11.9. The van der Waals surface area contributed by atoms with E-state index in [-0.39, 0.29) is 12.4 Å². The number of esters is 2. The first kappa shape index (κ1) is 25.7. The number of anilines is 1. The van der Waals surface area contributed by atoms with Gasteiger partial charge in [-0.2, -0.15) is 5.10 Å². The Morgan fingerprint density at radius 1 is 1.03 bits per heavy atom. The largest absolute Gasteiger partial charge is 0.469 e. The van der Waals surface area contributed by atoms with Crippen LogP contribution in [0, 0.1) is 27.7 Å². The lowest BCUT2D eigenvalue weighted by Crippen LogP contribution is -2.30. The van der Waals surface area contributed by atoms with E-state index in [1.807, 2.05) is 45.9 Å². The van der Waals surface area contributed by atoms with Gasteiger partial charge in [-0.3, -0.25) is 9.59 Å². The minimum Gasteiger partial charge on any atom is -0.469 e. The fourth-order valence-corrected chi connectivity index (χ4v) is 3.74. The molecule has 3 aromatic rings. The number of ether oxygens (including phenoxy) is 2. The molecule has 35 heavy (non-hydrogen) atoms. The van der Waals surface area contributed by atoms with Crippen LogP contribution >= 0.6 is 0 Å². The van der Waals surface area contributed by atoms with Crippen LogP contribution in [0.4, 0.5) is 5.69 Å². The van der Waals surface area contributed by atoms with Crippen LogP contribution in [0.15, 0.2) is 42.5 Å². The van der Waals surface area contributed by atoms with Gasteiger partial charge in [-0.1, -0.05) is 12.1 Å². The van der Waals surface area contributed by atoms with Crippen molar-refractivity contribution < 1.29 is 23.9 Å². The van der Waals surface area contributed by atoms with E-state index >= 15 is 0 Å². The lowest BCUT2D eigenvalue weighted by atomic mass is 10.1. The van der Waals surface area contributed by atoms with Gasteiger partial charge in [0.15, 0.2) is 6.10 Å². The summed E-state index contributed by atoms with van der Waals surface area (Å²) >= 11 is 0. The first-order valence-corrected chi connectivity index (χ1v) is 11.4. The normalized spacial score (nSPS) is 11.6. The predicted octanol–water partition coefficient (Wildman–Crippen LogP) is 4.40. The second-order valence-corrected chi connectivity index (χ2v) is 8.54. The van der Waals surface area contributed by atoms with Crippen molar-refractivity contribution in [1.29, 1.82) is 0 Å². The molecule has 8 heteroatoms. The molecule has 0 radical (unpaired) electrons. The smallest absolute Gasteiger partial charge is 0.338 e. The Balaban J connectivity index is 1.66. The van der Waals surface area contributed by atoms with Crippen LogP contribution < -0.4 is 5.32 Å². The fraction of sp³-hybridized carbons (Fsp3) is 0.333. The summed E-state index contributed by atoms with van der Waals surface area (Å²) in [7, 11) is 1.37. The highest BCUT2D eigenvalue weighted by Gasteiger charge is 2.20. The number of carbonyl (C=O) groups is 3. The molecule has 0 bridgehead atoms. The number of benzene rings is 2. The van der Waals surface area contributed by atoms with Crippen LogP contribution in [0.3, 0.4) is 0 Å². The first-order valence-electron chi connectivity index (χ1n) is 11.4. The quantitative estimate of drug-likeness (QED) is 0.483. The molecule has 0 saturated heterocycles. The number of amides is 1. The van der Waals surface area contributed by atoms with Crippen molar-refractivity contribution in [2.45, 2.75) is 53.6 Å². The molecule has 1 unspecified atom stereocenters. The molecule has 0 spiro atoms. The van der Waals surface area contributed by atoms with Gasteiger partial charge in [0.1, 0.15) is 0 Å². The van der Waals surface area contributed by atoms with Crippen LogP contribution in [-0.4, -0.2) is 40.8 Å². The van der Waals surface area contributed by atoms with Crippen LogP contribution in [0.25, 0.3) is 5.69 Å². The summed E-state index contributed by atoms with van der Waals surface area (Å²) in [5.41, 5.74) is 6.47. The Morgan fingerprint density at radius 3 is 2.37 bits per heavy atom. The van der Waals surface area contributed by atoms with Crippen LogP contribution in [0.2, 0.25) is 0 Å². The Bertz CT molecular complexity index is 1240. The third-order valence-electron chi connectivity index (χ3n) is 5.90. The molecule has 1 heterocycles. The molecule has 0 aliphatic carbocycles. The van der Waals surface area contributed by atoms with Gasteiger partial charge in [0.25, 0.3) is 5.91 Å². The van der Waals surface area contributed by atoms with Crippen molar-refractivity contribution in [3.05, 3.63) is 76.1 Å². The van der Waals surface area contributed by atoms with Crippen molar-refractivity contribution in [3.63, 3.8) is 0 Å². The topological polar surface area (TPSA) is 99.5 Å². The van der Waals surface area contributed by atoms with Gasteiger partial charge >= 0.3 is 11.9 Å². The van der Waals surface area contributed by atoms with Crippen molar-refractivity contribution >= 4 is 23.5 Å². The average Bonchev–Trinajstić information content (AvgIpc) is 3.12. The van der Waals surface area contributed by atoms with Crippen LogP contribution in [0.1, 0.15) is 51.8 Å². The van der Waals surface area contributed by atoms with E-state index < -0.39 is 18.0 Å². The standard InChI is InChI=1S/C27H31N3O5/c1-16-7-8-17(2)24(15-16)28-26(32)20(5)35-27(33)21-9-11-22(12-10-21)30-19(4)23(18(3)29-30)13-14-25(31)34-6/h7-12,15,20H,13-14H2,1-6H3,(H,28,32). The summed E-state index contributed by atoms with van der Waals surface area (Å²) in [6, 6.07) is 12.6. The van der Waals surface area contributed by atoms with Crippen molar-refractivity contribution in [2.24, 2.45) is 0 Å². The maximum Gasteiger partial charge on any atom is 0.338 e.